The number of pyridine rings is 1. The molecule has 0 amide bonds. The van der Waals surface area contributed by atoms with E-state index in [1.54, 1.807) is 12.1 Å². The van der Waals surface area contributed by atoms with Gasteiger partial charge in [0.15, 0.2) is 0 Å². The molecule has 1 atom stereocenters. The highest BCUT2D eigenvalue weighted by atomic mass is 16.3. The van der Waals surface area contributed by atoms with Crippen molar-refractivity contribution in [2.75, 3.05) is 19.6 Å². The number of aromatic amines is 1. The van der Waals surface area contributed by atoms with E-state index in [1.807, 2.05) is 24.5 Å². The molecule has 3 heterocycles. The topological polar surface area (TPSA) is 75.9 Å². The quantitative estimate of drug-likeness (QED) is 0.762. The Balaban J connectivity index is 1.44. The van der Waals surface area contributed by atoms with Crippen molar-refractivity contribution in [3.8, 4) is 6.07 Å². The van der Waals surface area contributed by atoms with Gasteiger partial charge in [-0.2, -0.15) is 5.26 Å². The summed E-state index contributed by atoms with van der Waals surface area (Å²) in [5, 5.41) is 20.5. The number of fused-ring (bicyclic) bond motifs is 1. The predicted octanol–water partition coefficient (Wildman–Crippen LogP) is 3.26. The van der Waals surface area contributed by atoms with Crippen LogP contribution >= 0.6 is 0 Å². The molecule has 0 radical (unpaired) electrons. The lowest BCUT2D eigenvalue weighted by Crippen LogP contribution is -2.32. The van der Waals surface area contributed by atoms with Crippen LogP contribution in [0, 0.1) is 11.3 Å². The summed E-state index contributed by atoms with van der Waals surface area (Å²) in [4.78, 5) is 9.76. The Morgan fingerprint density at radius 2 is 2.08 bits per heavy atom. The molecule has 4 rings (SSSR count). The van der Waals surface area contributed by atoms with Crippen molar-refractivity contribution >= 4 is 16.6 Å². The monoisotopic (exact) mass is 344 g/mol. The van der Waals surface area contributed by atoms with Gasteiger partial charge in [0.2, 0.25) is 0 Å². The van der Waals surface area contributed by atoms with E-state index in [4.69, 9.17) is 5.26 Å². The van der Waals surface area contributed by atoms with E-state index in [1.165, 1.54) is 11.1 Å². The lowest BCUT2D eigenvalue weighted by atomic mass is 9.97. The van der Waals surface area contributed by atoms with Crippen LogP contribution in [0.25, 0.3) is 16.6 Å². The zero-order valence-corrected chi connectivity index (χ0v) is 14.4. The van der Waals surface area contributed by atoms with Gasteiger partial charge >= 0.3 is 0 Å². The Morgan fingerprint density at radius 3 is 2.81 bits per heavy atom. The first-order valence-corrected chi connectivity index (χ1v) is 8.76. The fraction of sp³-hybridized carbons (Fsp3) is 0.238. The van der Waals surface area contributed by atoms with Crippen LogP contribution in [0.5, 0.6) is 0 Å². The van der Waals surface area contributed by atoms with Crippen LogP contribution < -0.4 is 0 Å². The summed E-state index contributed by atoms with van der Waals surface area (Å²) in [5.41, 5.74) is 4.95. The maximum Gasteiger partial charge on any atom is 0.137 e. The van der Waals surface area contributed by atoms with E-state index in [-0.39, 0.29) is 0 Å². The average molecular weight is 344 g/mol. The normalized spacial score (nSPS) is 16.2. The van der Waals surface area contributed by atoms with Gasteiger partial charge in [-0.05, 0) is 47.4 Å². The fourth-order valence-electron chi connectivity index (χ4n) is 3.49. The maximum atomic E-state index is 10.5. The van der Waals surface area contributed by atoms with E-state index in [9.17, 15) is 5.11 Å². The number of benzene rings is 1. The number of H-pyrrole nitrogens is 1. The van der Waals surface area contributed by atoms with Crippen LogP contribution in [0.2, 0.25) is 0 Å². The Labute approximate surface area is 152 Å². The molecule has 1 aliphatic heterocycles. The number of hydrogen-bond donors (Lipinski definition) is 2. The maximum absolute atomic E-state index is 10.5. The highest BCUT2D eigenvalue weighted by Gasteiger charge is 2.18. The minimum Gasteiger partial charge on any atom is -0.387 e. The van der Waals surface area contributed by atoms with E-state index in [0.29, 0.717) is 12.1 Å². The largest absolute Gasteiger partial charge is 0.387 e. The van der Waals surface area contributed by atoms with Crippen LogP contribution in [-0.2, 0) is 0 Å². The smallest absolute Gasteiger partial charge is 0.137 e. The zero-order valence-electron chi connectivity index (χ0n) is 14.4. The minimum atomic E-state index is -0.546. The first kappa shape index (κ1) is 16.5. The summed E-state index contributed by atoms with van der Waals surface area (Å²) < 4.78 is 0. The molecular formula is C21H20N4O. The van der Waals surface area contributed by atoms with Gasteiger partial charge in [-0.15, -0.1) is 0 Å². The molecule has 0 aliphatic carbocycles. The first-order valence-electron chi connectivity index (χ1n) is 8.76. The van der Waals surface area contributed by atoms with Gasteiger partial charge in [-0.1, -0.05) is 18.2 Å². The van der Waals surface area contributed by atoms with E-state index in [0.717, 1.165) is 36.1 Å². The van der Waals surface area contributed by atoms with Crippen LogP contribution in [0.15, 0.2) is 54.9 Å². The van der Waals surface area contributed by atoms with Crippen molar-refractivity contribution in [3.63, 3.8) is 0 Å². The second-order valence-electron chi connectivity index (χ2n) is 6.59. The Morgan fingerprint density at radius 1 is 1.23 bits per heavy atom. The number of hydrogen-bond acceptors (Lipinski definition) is 4. The highest BCUT2D eigenvalue weighted by molar-refractivity contribution is 5.90. The summed E-state index contributed by atoms with van der Waals surface area (Å²) in [7, 11) is 0. The lowest BCUT2D eigenvalue weighted by molar-refractivity contribution is 0.119. The van der Waals surface area contributed by atoms with Crippen LogP contribution in [0.4, 0.5) is 0 Å². The number of β-amino-alcohol motifs (C(OH)–C–C–N with tert-alkyl or cyclic N) is 1. The number of rotatable bonds is 4. The highest BCUT2D eigenvalue weighted by Crippen LogP contribution is 2.28. The summed E-state index contributed by atoms with van der Waals surface area (Å²) in [6, 6.07) is 13.4. The van der Waals surface area contributed by atoms with Crippen molar-refractivity contribution in [3.05, 3.63) is 71.6 Å². The predicted molar refractivity (Wildman–Crippen MR) is 101 cm³/mol. The molecule has 5 nitrogen and oxygen atoms in total. The summed E-state index contributed by atoms with van der Waals surface area (Å²) in [6.07, 6.45) is 6.41. The molecule has 0 saturated heterocycles. The third-order valence-electron chi connectivity index (χ3n) is 4.96. The van der Waals surface area contributed by atoms with Crippen molar-refractivity contribution in [1.82, 2.24) is 14.9 Å². The van der Waals surface area contributed by atoms with E-state index >= 15 is 0 Å². The Kier molecular flexibility index (Phi) is 4.53. The molecule has 0 spiro atoms. The van der Waals surface area contributed by atoms with Crippen LogP contribution in [0.1, 0.15) is 29.2 Å². The Bertz CT molecular complexity index is 981. The molecule has 130 valence electrons. The third-order valence-corrected chi connectivity index (χ3v) is 4.96. The second-order valence-corrected chi connectivity index (χ2v) is 6.59. The summed E-state index contributed by atoms with van der Waals surface area (Å²) in [5.74, 6) is 0. The SMILES string of the molecule is N#Cc1ccc(C(O)CN2CC=C(c3ccnc4[nH]ccc34)CC2)cc1. The summed E-state index contributed by atoms with van der Waals surface area (Å²) in [6.45, 7) is 2.32. The molecule has 0 fully saturated rings. The van der Waals surface area contributed by atoms with E-state index < -0.39 is 6.10 Å². The van der Waals surface area contributed by atoms with Crippen molar-refractivity contribution in [2.45, 2.75) is 12.5 Å². The van der Waals surface area contributed by atoms with Crippen LogP contribution in [0.3, 0.4) is 0 Å². The van der Waals surface area contributed by atoms with Gasteiger partial charge in [0.1, 0.15) is 5.65 Å². The van der Waals surface area contributed by atoms with Gasteiger partial charge in [-0.3, -0.25) is 4.90 Å². The molecular weight excluding hydrogens is 324 g/mol. The van der Waals surface area contributed by atoms with Crippen LogP contribution in [-0.4, -0.2) is 39.6 Å². The number of nitrogens with zero attached hydrogens (tertiary/aromatic N) is 3. The van der Waals surface area contributed by atoms with Gasteiger partial charge in [0, 0.05) is 37.4 Å². The number of aliphatic hydroxyl groups is 1. The first-order chi connectivity index (χ1) is 12.7. The molecule has 26 heavy (non-hydrogen) atoms. The van der Waals surface area contributed by atoms with Crippen molar-refractivity contribution < 1.29 is 5.11 Å². The molecule has 0 bridgehead atoms. The van der Waals surface area contributed by atoms with Gasteiger partial charge in [0.05, 0.1) is 17.7 Å². The molecule has 5 heteroatoms. The van der Waals surface area contributed by atoms with E-state index in [2.05, 4.69) is 39.1 Å². The lowest BCUT2D eigenvalue weighted by Gasteiger charge is -2.28. The third kappa shape index (κ3) is 3.25. The number of nitriles is 1. The zero-order chi connectivity index (χ0) is 17.9. The molecule has 3 aromatic rings. The Hall–Kier alpha value is -2.94. The standard InChI is InChI=1S/C21H20N4O/c22-13-15-1-3-17(4-2-15)20(26)14-25-11-7-16(8-12-25)18-5-9-23-21-19(18)6-10-24-21/h1-7,9-10,20,26H,8,11-12,14H2,(H,23,24). The van der Waals surface area contributed by atoms with Gasteiger partial charge in [-0.25, -0.2) is 4.98 Å². The molecule has 1 unspecified atom stereocenters. The van der Waals surface area contributed by atoms with Crippen molar-refractivity contribution in [1.29, 1.82) is 5.26 Å². The number of aromatic nitrogens is 2. The van der Waals surface area contributed by atoms with Crippen molar-refractivity contribution in [2.24, 2.45) is 0 Å². The molecule has 0 saturated carbocycles. The molecule has 1 aromatic carbocycles. The fourth-order valence-corrected chi connectivity index (χ4v) is 3.49. The number of nitrogens with one attached hydrogen (secondary N) is 1. The second kappa shape index (κ2) is 7.12. The minimum absolute atomic E-state index is 0.546. The molecule has 2 aromatic heterocycles. The number of aliphatic hydroxyl groups excluding tert-OH is 1. The summed E-state index contributed by atoms with van der Waals surface area (Å²) >= 11 is 0. The van der Waals surface area contributed by atoms with Gasteiger partial charge in [0.25, 0.3) is 0 Å². The molecule has 1 aliphatic rings. The average Bonchev–Trinajstić information content (AvgIpc) is 3.17. The van der Waals surface area contributed by atoms with Gasteiger partial charge < -0.3 is 10.1 Å². The molecule has 2 N–H and O–H groups in total.